The van der Waals surface area contributed by atoms with E-state index in [9.17, 15) is 10.2 Å². The fourth-order valence-corrected chi connectivity index (χ4v) is 6.44. The molecule has 162 valence electrons. The summed E-state index contributed by atoms with van der Waals surface area (Å²) in [7, 11) is 1.69. The summed E-state index contributed by atoms with van der Waals surface area (Å²) < 4.78 is 5.27. The van der Waals surface area contributed by atoms with Gasteiger partial charge in [0.05, 0.1) is 7.11 Å². The van der Waals surface area contributed by atoms with E-state index in [1.807, 2.05) is 24.3 Å². The van der Waals surface area contributed by atoms with Gasteiger partial charge < -0.3 is 19.8 Å². The van der Waals surface area contributed by atoms with Crippen molar-refractivity contribution >= 4 is 5.69 Å². The molecule has 0 radical (unpaired) electrons. The van der Waals surface area contributed by atoms with Crippen molar-refractivity contribution in [2.75, 3.05) is 38.2 Å². The SMILES string of the molecule is COc1ccc(N2CCN(C3C(C)(C)C(O)(c4ccc(O)cc4)C3(C)C)CC2)cc1. The Balaban J connectivity index is 1.50. The van der Waals surface area contributed by atoms with E-state index in [0.717, 1.165) is 37.5 Å². The molecule has 2 aromatic rings. The largest absolute Gasteiger partial charge is 0.508 e. The van der Waals surface area contributed by atoms with Crippen molar-refractivity contribution in [2.24, 2.45) is 10.8 Å². The van der Waals surface area contributed by atoms with Crippen LogP contribution in [0.2, 0.25) is 0 Å². The third kappa shape index (κ3) is 2.90. The molecule has 2 aliphatic rings. The van der Waals surface area contributed by atoms with Gasteiger partial charge >= 0.3 is 0 Å². The summed E-state index contributed by atoms with van der Waals surface area (Å²) >= 11 is 0. The van der Waals surface area contributed by atoms with Crippen LogP contribution in [0.1, 0.15) is 33.3 Å². The zero-order chi connectivity index (χ0) is 21.7. The topological polar surface area (TPSA) is 56.2 Å². The molecule has 1 saturated heterocycles. The van der Waals surface area contributed by atoms with Gasteiger partial charge in [-0.05, 0) is 42.0 Å². The smallest absolute Gasteiger partial charge is 0.119 e. The number of aromatic hydroxyl groups is 1. The first-order valence-electron chi connectivity index (χ1n) is 10.8. The molecule has 5 heteroatoms. The number of aliphatic hydroxyl groups is 1. The molecule has 2 fully saturated rings. The van der Waals surface area contributed by atoms with Gasteiger partial charge in [0.1, 0.15) is 17.1 Å². The van der Waals surface area contributed by atoms with Gasteiger partial charge in [-0.2, -0.15) is 0 Å². The number of ether oxygens (including phenoxy) is 1. The monoisotopic (exact) mass is 410 g/mol. The maximum Gasteiger partial charge on any atom is 0.119 e. The molecule has 5 nitrogen and oxygen atoms in total. The first kappa shape index (κ1) is 21.0. The Labute approximate surface area is 179 Å². The fraction of sp³-hybridized carbons (Fsp3) is 0.520. The van der Waals surface area contributed by atoms with Gasteiger partial charge in [-0.25, -0.2) is 0 Å². The van der Waals surface area contributed by atoms with Crippen LogP contribution in [0.5, 0.6) is 11.5 Å². The predicted octanol–water partition coefficient (Wildman–Crippen LogP) is 3.85. The molecule has 2 aromatic carbocycles. The average molecular weight is 411 g/mol. The lowest BCUT2D eigenvalue weighted by molar-refractivity contribution is -0.307. The fourth-order valence-electron chi connectivity index (χ4n) is 6.44. The van der Waals surface area contributed by atoms with Crippen molar-refractivity contribution < 1.29 is 14.9 Å². The first-order chi connectivity index (χ1) is 14.1. The maximum atomic E-state index is 11.9. The molecule has 0 atom stereocenters. The molecule has 0 unspecified atom stereocenters. The van der Waals surface area contributed by atoms with Crippen molar-refractivity contribution in [3.8, 4) is 11.5 Å². The van der Waals surface area contributed by atoms with Gasteiger partial charge in [0.15, 0.2) is 0 Å². The van der Waals surface area contributed by atoms with Crippen LogP contribution >= 0.6 is 0 Å². The number of phenols is 1. The van der Waals surface area contributed by atoms with Crippen LogP contribution in [-0.2, 0) is 5.60 Å². The highest BCUT2D eigenvalue weighted by Crippen LogP contribution is 2.68. The van der Waals surface area contributed by atoms with Gasteiger partial charge in [-0.3, -0.25) is 4.90 Å². The lowest BCUT2D eigenvalue weighted by atomic mass is 9.39. The Morgan fingerprint density at radius 2 is 1.37 bits per heavy atom. The van der Waals surface area contributed by atoms with E-state index in [1.165, 1.54) is 5.69 Å². The third-order valence-electron chi connectivity index (χ3n) is 7.63. The summed E-state index contributed by atoms with van der Waals surface area (Å²) in [5, 5.41) is 21.6. The molecule has 0 amide bonds. The van der Waals surface area contributed by atoms with E-state index in [0.29, 0.717) is 0 Å². The molecule has 1 heterocycles. The summed E-state index contributed by atoms with van der Waals surface area (Å²) in [5.41, 5.74) is 0.531. The second-order valence-electron chi connectivity index (χ2n) is 9.82. The number of rotatable bonds is 4. The van der Waals surface area contributed by atoms with E-state index in [2.05, 4.69) is 49.6 Å². The molecular formula is C25H34N2O3. The number of nitrogens with zero attached hydrogens (tertiary/aromatic N) is 2. The van der Waals surface area contributed by atoms with E-state index in [4.69, 9.17) is 4.74 Å². The molecule has 1 aliphatic carbocycles. The average Bonchev–Trinajstić information content (AvgIpc) is 2.74. The molecule has 2 N–H and O–H groups in total. The van der Waals surface area contributed by atoms with Crippen molar-refractivity contribution in [1.82, 2.24) is 4.90 Å². The Morgan fingerprint density at radius 1 is 0.833 bits per heavy atom. The van der Waals surface area contributed by atoms with Crippen LogP contribution in [0.4, 0.5) is 5.69 Å². The van der Waals surface area contributed by atoms with Crippen LogP contribution in [-0.4, -0.2) is 54.4 Å². The Hall–Kier alpha value is -2.24. The summed E-state index contributed by atoms with van der Waals surface area (Å²) in [6, 6.07) is 15.6. The summed E-state index contributed by atoms with van der Waals surface area (Å²) in [5.74, 6) is 1.10. The number of piperazine rings is 1. The molecular weight excluding hydrogens is 376 g/mol. The first-order valence-corrected chi connectivity index (χ1v) is 10.8. The maximum absolute atomic E-state index is 11.9. The minimum absolute atomic E-state index is 0.225. The molecule has 0 spiro atoms. The number of hydrogen-bond donors (Lipinski definition) is 2. The van der Waals surface area contributed by atoms with Crippen molar-refractivity contribution in [3.63, 3.8) is 0 Å². The minimum atomic E-state index is -0.953. The number of hydrogen-bond acceptors (Lipinski definition) is 5. The van der Waals surface area contributed by atoms with Gasteiger partial charge in [0.25, 0.3) is 0 Å². The molecule has 0 aromatic heterocycles. The van der Waals surface area contributed by atoms with Crippen LogP contribution in [0.15, 0.2) is 48.5 Å². The van der Waals surface area contributed by atoms with E-state index in [1.54, 1.807) is 19.2 Å². The Kier molecular flexibility index (Phi) is 5.02. The highest BCUT2D eigenvalue weighted by Gasteiger charge is 2.73. The molecule has 0 bridgehead atoms. The van der Waals surface area contributed by atoms with Gasteiger partial charge in [0, 0.05) is 48.7 Å². The van der Waals surface area contributed by atoms with Gasteiger partial charge in [0.2, 0.25) is 0 Å². The molecule has 1 saturated carbocycles. The number of phenolic OH excluding ortho intramolecular Hbond substituents is 1. The predicted molar refractivity (Wildman–Crippen MR) is 120 cm³/mol. The van der Waals surface area contributed by atoms with Gasteiger partial charge in [-0.15, -0.1) is 0 Å². The highest BCUT2D eigenvalue weighted by atomic mass is 16.5. The summed E-state index contributed by atoms with van der Waals surface area (Å²) in [4.78, 5) is 4.97. The quantitative estimate of drug-likeness (QED) is 0.802. The van der Waals surface area contributed by atoms with E-state index < -0.39 is 5.60 Å². The third-order valence-corrected chi connectivity index (χ3v) is 7.63. The van der Waals surface area contributed by atoms with Crippen LogP contribution in [0, 0.1) is 10.8 Å². The van der Waals surface area contributed by atoms with Gasteiger partial charge in [-0.1, -0.05) is 39.8 Å². The number of anilines is 1. The standard InChI is InChI=1S/C25H34N2O3/c1-23(2)22(24(3,4)25(23,29)18-6-10-20(28)11-7-18)27-16-14-26(15-17-27)19-8-12-21(30-5)13-9-19/h6-13,22,28-29H,14-17H2,1-5H3. The van der Waals surface area contributed by atoms with Crippen molar-refractivity contribution in [2.45, 2.75) is 39.3 Å². The molecule has 1 aliphatic heterocycles. The normalized spacial score (nSPS) is 28.1. The molecule has 4 rings (SSSR count). The zero-order valence-corrected chi connectivity index (χ0v) is 18.7. The van der Waals surface area contributed by atoms with Crippen molar-refractivity contribution in [3.05, 3.63) is 54.1 Å². The summed E-state index contributed by atoms with van der Waals surface area (Å²) in [6.07, 6.45) is 0. The van der Waals surface area contributed by atoms with Crippen molar-refractivity contribution in [1.29, 1.82) is 0 Å². The highest BCUT2D eigenvalue weighted by molar-refractivity contribution is 5.49. The van der Waals surface area contributed by atoms with E-state index >= 15 is 0 Å². The van der Waals surface area contributed by atoms with Crippen LogP contribution in [0.25, 0.3) is 0 Å². The lowest BCUT2D eigenvalue weighted by Gasteiger charge is -2.72. The second-order valence-corrected chi connectivity index (χ2v) is 9.82. The Bertz CT molecular complexity index is 866. The lowest BCUT2D eigenvalue weighted by Crippen LogP contribution is -2.79. The van der Waals surface area contributed by atoms with Crippen LogP contribution < -0.4 is 9.64 Å². The zero-order valence-electron chi connectivity index (χ0n) is 18.7. The van der Waals surface area contributed by atoms with Crippen LogP contribution in [0.3, 0.4) is 0 Å². The number of methoxy groups -OCH3 is 1. The number of benzene rings is 2. The summed E-state index contributed by atoms with van der Waals surface area (Å²) in [6.45, 7) is 12.6. The Morgan fingerprint density at radius 3 is 1.87 bits per heavy atom. The second kappa shape index (κ2) is 7.17. The molecule has 30 heavy (non-hydrogen) atoms. The van der Waals surface area contributed by atoms with E-state index in [-0.39, 0.29) is 22.6 Å². The minimum Gasteiger partial charge on any atom is -0.508 e.